The molecular formula is C15H23N3O3. The van der Waals surface area contributed by atoms with E-state index >= 15 is 0 Å². The lowest BCUT2D eigenvalue weighted by Gasteiger charge is -2.37. The number of nitrogens with zero attached hydrogens (tertiary/aromatic N) is 2. The summed E-state index contributed by atoms with van der Waals surface area (Å²) in [5.41, 5.74) is 6.91. The van der Waals surface area contributed by atoms with Gasteiger partial charge in [0.05, 0.1) is 13.7 Å². The van der Waals surface area contributed by atoms with E-state index in [0.29, 0.717) is 13.1 Å². The molecule has 6 nitrogen and oxygen atoms in total. The Kier molecular flexibility index (Phi) is 5.41. The maximum atomic E-state index is 12.1. The predicted molar refractivity (Wildman–Crippen MR) is 81.6 cm³/mol. The molecule has 1 aliphatic rings. The zero-order valence-electron chi connectivity index (χ0n) is 12.6. The first-order chi connectivity index (χ1) is 10.2. The van der Waals surface area contributed by atoms with Gasteiger partial charge in [0.25, 0.3) is 0 Å². The van der Waals surface area contributed by atoms with Crippen LogP contribution in [-0.4, -0.2) is 63.9 Å². The molecule has 1 aromatic carbocycles. The lowest BCUT2D eigenvalue weighted by Crippen LogP contribution is -2.54. The SMILES string of the molecule is COCC(N)C(=O)N1CCN(c2cccc(OC)c2)CC1. The average Bonchev–Trinajstić information content (AvgIpc) is 2.54. The van der Waals surface area contributed by atoms with Crippen molar-refractivity contribution in [1.29, 1.82) is 0 Å². The van der Waals surface area contributed by atoms with E-state index in [4.69, 9.17) is 15.2 Å². The van der Waals surface area contributed by atoms with Gasteiger partial charge in [-0.2, -0.15) is 0 Å². The molecule has 21 heavy (non-hydrogen) atoms. The van der Waals surface area contributed by atoms with Crippen molar-refractivity contribution in [3.05, 3.63) is 24.3 Å². The third-order valence-electron chi connectivity index (χ3n) is 3.67. The number of anilines is 1. The molecule has 0 aromatic heterocycles. The van der Waals surface area contributed by atoms with Crippen LogP contribution in [0.4, 0.5) is 5.69 Å². The van der Waals surface area contributed by atoms with Gasteiger partial charge in [-0.05, 0) is 12.1 Å². The molecule has 6 heteroatoms. The smallest absolute Gasteiger partial charge is 0.241 e. The summed E-state index contributed by atoms with van der Waals surface area (Å²) in [6, 6.07) is 7.39. The van der Waals surface area contributed by atoms with Gasteiger partial charge in [0.15, 0.2) is 0 Å². The van der Waals surface area contributed by atoms with Crippen molar-refractivity contribution in [2.24, 2.45) is 5.73 Å². The number of hydrogen-bond acceptors (Lipinski definition) is 5. The number of piperazine rings is 1. The summed E-state index contributed by atoms with van der Waals surface area (Å²) < 4.78 is 10.2. The van der Waals surface area contributed by atoms with Crippen LogP contribution >= 0.6 is 0 Å². The van der Waals surface area contributed by atoms with Crippen molar-refractivity contribution in [3.8, 4) is 5.75 Å². The van der Waals surface area contributed by atoms with Crippen LogP contribution < -0.4 is 15.4 Å². The number of rotatable bonds is 5. The summed E-state index contributed by atoms with van der Waals surface area (Å²) in [6.45, 7) is 3.19. The number of benzene rings is 1. The Balaban J connectivity index is 1.92. The van der Waals surface area contributed by atoms with E-state index in [1.807, 2.05) is 18.2 Å². The predicted octanol–water partition coefficient (Wildman–Crippen LogP) is 0.318. The van der Waals surface area contributed by atoms with Crippen molar-refractivity contribution in [2.45, 2.75) is 6.04 Å². The zero-order chi connectivity index (χ0) is 15.2. The number of ether oxygens (including phenoxy) is 2. The van der Waals surface area contributed by atoms with Crippen LogP contribution in [0.1, 0.15) is 0 Å². The van der Waals surface area contributed by atoms with Crippen LogP contribution in [0.3, 0.4) is 0 Å². The molecule has 0 saturated carbocycles. The molecule has 1 amide bonds. The molecule has 1 heterocycles. The zero-order valence-corrected chi connectivity index (χ0v) is 12.6. The minimum absolute atomic E-state index is 0.0397. The standard InChI is InChI=1S/C15H23N3O3/c1-20-11-14(16)15(19)18-8-6-17(7-9-18)12-4-3-5-13(10-12)21-2/h3-5,10,14H,6-9,11,16H2,1-2H3. The van der Waals surface area contributed by atoms with Crippen LogP contribution in [0, 0.1) is 0 Å². The van der Waals surface area contributed by atoms with Crippen LogP contribution in [0.15, 0.2) is 24.3 Å². The van der Waals surface area contributed by atoms with Gasteiger partial charge in [0.2, 0.25) is 5.91 Å². The third-order valence-corrected chi connectivity index (χ3v) is 3.67. The van der Waals surface area contributed by atoms with Gasteiger partial charge in [-0.3, -0.25) is 4.79 Å². The summed E-state index contributed by atoms with van der Waals surface area (Å²) in [4.78, 5) is 16.2. The summed E-state index contributed by atoms with van der Waals surface area (Å²) in [5.74, 6) is 0.801. The number of carbonyl (C=O) groups is 1. The van der Waals surface area contributed by atoms with E-state index in [1.54, 1.807) is 19.1 Å². The van der Waals surface area contributed by atoms with Gasteiger partial charge in [-0.25, -0.2) is 0 Å². The number of amides is 1. The molecule has 1 aliphatic heterocycles. The lowest BCUT2D eigenvalue weighted by atomic mass is 10.2. The molecule has 1 atom stereocenters. The molecule has 116 valence electrons. The van der Waals surface area contributed by atoms with E-state index in [2.05, 4.69) is 11.0 Å². The minimum Gasteiger partial charge on any atom is -0.497 e. The van der Waals surface area contributed by atoms with Crippen LogP contribution in [0.5, 0.6) is 5.75 Å². The van der Waals surface area contributed by atoms with E-state index in [-0.39, 0.29) is 12.5 Å². The second-order valence-corrected chi connectivity index (χ2v) is 5.08. The topological polar surface area (TPSA) is 68.0 Å². The fraction of sp³-hybridized carbons (Fsp3) is 0.533. The lowest BCUT2D eigenvalue weighted by molar-refractivity contribution is -0.134. The van der Waals surface area contributed by atoms with Gasteiger partial charge in [0, 0.05) is 45.0 Å². The highest BCUT2D eigenvalue weighted by molar-refractivity contribution is 5.82. The van der Waals surface area contributed by atoms with Gasteiger partial charge in [-0.15, -0.1) is 0 Å². The fourth-order valence-corrected chi connectivity index (χ4v) is 2.48. The molecule has 0 aliphatic carbocycles. The highest BCUT2D eigenvalue weighted by atomic mass is 16.5. The molecular weight excluding hydrogens is 270 g/mol. The van der Waals surface area contributed by atoms with Crippen molar-refractivity contribution >= 4 is 11.6 Å². The molecule has 1 unspecified atom stereocenters. The number of carbonyl (C=O) groups excluding carboxylic acids is 1. The van der Waals surface area contributed by atoms with Gasteiger partial charge in [0.1, 0.15) is 11.8 Å². The van der Waals surface area contributed by atoms with Crippen LogP contribution in [-0.2, 0) is 9.53 Å². The van der Waals surface area contributed by atoms with Gasteiger partial charge >= 0.3 is 0 Å². The Morgan fingerprint density at radius 3 is 2.62 bits per heavy atom. The number of methoxy groups -OCH3 is 2. The maximum absolute atomic E-state index is 12.1. The average molecular weight is 293 g/mol. The Hall–Kier alpha value is -1.79. The van der Waals surface area contributed by atoms with Crippen molar-refractivity contribution < 1.29 is 14.3 Å². The highest BCUT2D eigenvalue weighted by Crippen LogP contribution is 2.22. The Morgan fingerprint density at radius 1 is 1.29 bits per heavy atom. The van der Waals surface area contributed by atoms with Crippen molar-refractivity contribution in [1.82, 2.24) is 4.90 Å². The Bertz CT molecular complexity index is 473. The maximum Gasteiger partial charge on any atom is 0.241 e. The largest absolute Gasteiger partial charge is 0.497 e. The molecule has 2 N–H and O–H groups in total. The highest BCUT2D eigenvalue weighted by Gasteiger charge is 2.25. The van der Waals surface area contributed by atoms with E-state index in [9.17, 15) is 4.79 Å². The van der Waals surface area contributed by atoms with E-state index in [1.165, 1.54) is 0 Å². The fourth-order valence-electron chi connectivity index (χ4n) is 2.48. The minimum atomic E-state index is -0.571. The number of hydrogen-bond donors (Lipinski definition) is 1. The number of nitrogens with two attached hydrogens (primary N) is 1. The molecule has 0 bridgehead atoms. The molecule has 1 aromatic rings. The van der Waals surface area contributed by atoms with E-state index in [0.717, 1.165) is 24.5 Å². The molecule has 0 spiro atoms. The first kappa shape index (κ1) is 15.6. The molecule has 2 rings (SSSR count). The molecule has 0 radical (unpaired) electrons. The summed E-state index contributed by atoms with van der Waals surface area (Å²) in [6.07, 6.45) is 0. The summed E-state index contributed by atoms with van der Waals surface area (Å²) >= 11 is 0. The van der Waals surface area contributed by atoms with Crippen LogP contribution in [0.2, 0.25) is 0 Å². The third kappa shape index (κ3) is 3.86. The first-order valence-corrected chi connectivity index (χ1v) is 7.08. The second kappa shape index (κ2) is 7.28. The van der Waals surface area contributed by atoms with Crippen molar-refractivity contribution in [2.75, 3.05) is 51.9 Å². The Morgan fingerprint density at radius 2 is 2.00 bits per heavy atom. The quantitative estimate of drug-likeness (QED) is 0.846. The first-order valence-electron chi connectivity index (χ1n) is 7.08. The molecule has 1 fully saturated rings. The monoisotopic (exact) mass is 293 g/mol. The summed E-state index contributed by atoms with van der Waals surface area (Å²) in [5, 5.41) is 0. The Labute approximate surface area is 125 Å². The second-order valence-electron chi connectivity index (χ2n) is 5.08. The van der Waals surface area contributed by atoms with Gasteiger partial charge in [-0.1, -0.05) is 6.07 Å². The van der Waals surface area contributed by atoms with Crippen LogP contribution in [0.25, 0.3) is 0 Å². The summed E-state index contributed by atoms with van der Waals surface area (Å²) in [7, 11) is 3.21. The molecule has 1 saturated heterocycles. The normalized spacial score (nSPS) is 16.7. The van der Waals surface area contributed by atoms with E-state index < -0.39 is 6.04 Å². The van der Waals surface area contributed by atoms with Crippen molar-refractivity contribution in [3.63, 3.8) is 0 Å². The van der Waals surface area contributed by atoms with Gasteiger partial charge < -0.3 is 25.0 Å².